The lowest BCUT2D eigenvalue weighted by atomic mass is 10.1. The minimum atomic E-state index is -3.88. The van der Waals surface area contributed by atoms with E-state index in [1.54, 1.807) is 31.0 Å². The van der Waals surface area contributed by atoms with E-state index in [0.717, 1.165) is 42.7 Å². The Hall–Kier alpha value is -2.76. The molecule has 11 heteroatoms. The lowest BCUT2D eigenvalue weighted by Gasteiger charge is -2.16. The number of sulfone groups is 1. The molecule has 2 aromatic carbocycles. The van der Waals surface area contributed by atoms with Gasteiger partial charge in [0.15, 0.2) is 9.84 Å². The van der Waals surface area contributed by atoms with Crippen molar-refractivity contribution >= 4 is 33.5 Å². The first-order valence-electron chi connectivity index (χ1n) is 21.0. The Morgan fingerprint density at radius 1 is 0.618 bits per heavy atom. The van der Waals surface area contributed by atoms with Gasteiger partial charge < -0.3 is 14.2 Å². The molecule has 2 N–H and O–H groups in total. The lowest BCUT2D eigenvalue weighted by Crippen LogP contribution is -2.38. The normalized spacial score (nSPS) is 12.3. The molecule has 0 heterocycles. The third-order valence-electron chi connectivity index (χ3n) is 9.69. The van der Waals surface area contributed by atoms with Crippen LogP contribution in [-0.2, 0) is 24.2 Å². The molecule has 0 aliphatic heterocycles. The zero-order chi connectivity index (χ0) is 40.6. The van der Waals surface area contributed by atoms with E-state index in [1.807, 2.05) is 31.2 Å². The van der Waals surface area contributed by atoms with Gasteiger partial charge in [0.2, 0.25) is 0 Å². The number of nitrogens with one attached hydrogen (secondary N) is 1. The zero-order valence-electron chi connectivity index (χ0n) is 34.7. The summed E-state index contributed by atoms with van der Waals surface area (Å²) in [6.45, 7) is 6.78. The number of ether oxygens (including phenoxy) is 3. The predicted octanol–water partition coefficient (Wildman–Crippen LogP) is 11.7. The van der Waals surface area contributed by atoms with Crippen LogP contribution in [0.3, 0.4) is 0 Å². The van der Waals surface area contributed by atoms with Crippen molar-refractivity contribution in [3.05, 3.63) is 48.5 Å². The molecule has 0 spiro atoms. The summed E-state index contributed by atoms with van der Waals surface area (Å²) in [5, 5.41) is 7.57. The molecular weight excluding hydrogens is 735 g/mol. The highest BCUT2D eigenvalue weighted by Gasteiger charge is 2.33. The van der Waals surface area contributed by atoms with Gasteiger partial charge in [-0.25, -0.2) is 13.9 Å². The van der Waals surface area contributed by atoms with Gasteiger partial charge in [-0.3, -0.25) is 14.8 Å². The number of hydrogen-bond donors (Lipinski definition) is 2. The molecule has 0 saturated heterocycles. The Kier molecular flexibility index (Phi) is 29.6. The third-order valence-corrected chi connectivity index (χ3v) is 13.1. The van der Waals surface area contributed by atoms with E-state index >= 15 is 0 Å². The highest BCUT2D eigenvalue weighted by molar-refractivity contribution is 8.00. The lowest BCUT2D eigenvalue weighted by molar-refractivity contribution is -0.142. The van der Waals surface area contributed by atoms with Crippen molar-refractivity contribution in [1.82, 2.24) is 5.48 Å². The number of thioether (sulfide) groups is 1. The summed E-state index contributed by atoms with van der Waals surface area (Å²) in [4.78, 5) is 25.4. The Morgan fingerprint density at radius 3 is 1.42 bits per heavy atom. The van der Waals surface area contributed by atoms with E-state index in [2.05, 4.69) is 13.8 Å². The number of hydroxylamine groups is 1. The van der Waals surface area contributed by atoms with Gasteiger partial charge in [0, 0.05) is 4.90 Å². The number of hydrogen-bond acceptors (Lipinski definition) is 9. The minimum absolute atomic E-state index is 0.0500. The van der Waals surface area contributed by atoms with E-state index in [4.69, 9.17) is 19.4 Å². The Balaban J connectivity index is 0.000000550. The van der Waals surface area contributed by atoms with Crippen LogP contribution in [0.5, 0.6) is 11.5 Å². The second kappa shape index (κ2) is 32.3. The van der Waals surface area contributed by atoms with Crippen molar-refractivity contribution in [2.45, 2.75) is 182 Å². The van der Waals surface area contributed by atoms with Crippen molar-refractivity contribution in [2.75, 3.05) is 20.8 Å². The summed E-state index contributed by atoms with van der Waals surface area (Å²) >= 11 is 1.61. The van der Waals surface area contributed by atoms with Gasteiger partial charge in [-0.05, 0) is 68.3 Å². The number of carbonyl (C=O) groups excluding carboxylic acids is 2. The van der Waals surface area contributed by atoms with Gasteiger partial charge >= 0.3 is 5.97 Å². The van der Waals surface area contributed by atoms with Crippen LogP contribution in [0.2, 0.25) is 0 Å². The summed E-state index contributed by atoms with van der Waals surface area (Å²) < 4.78 is 41.1. The molecule has 314 valence electrons. The van der Waals surface area contributed by atoms with Crippen molar-refractivity contribution in [1.29, 1.82) is 0 Å². The molecule has 2 rings (SSSR count). The van der Waals surface area contributed by atoms with Crippen LogP contribution in [0.15, 0.2) is 58.3 Å². The second-order valence-corrected chi connectivity index (χ2v) is 17.6. The minimum Gasteiger partial charge on any atom is -0.497 e. The molecule has 0 aliphatic carbocycles. The molecule has 0 saturated carbocycles. The fourth-order valence-corrected chi connectivity index (χ4v) is 9.07. The molecule has 0 aliphatic rings. The number of amides is 1. The van der Waals surface area contributed by atoms with Gasteiger partial charge in [-0.2, -0.15) is 0 Å². The van der Waals surface area contributed by atoms with E-state index in [-0.39, 0.29) is 22.5 Å². The van der Waals surface area contributed by atoms with Crippen molar-refractivity contribution in [3.63, 3.8) is 0 Å². The van der Waals surface area contributed by atoms with Crippen LogP contribution >= 0.6 is 11.8 Å². The second-order valence-electron chi connectivity index (χ2n) is 14.2. The fraction of sp³-hybridized carbons (Fsp3) is 0.682. The molecule has 2 unspecified atom stereocenters. The first kappa shape index (κ1) is 50.3. The van der Waals surface area contributed by atoms with Crippen molar-refractivity contribution in [3.8, 4) is 11.5 Å². The monoisotopic (exact) mass is 807 g/mol. The Bertz CT molecular complexity index is 1350. The molecule has 55 heavy (non-hydrogen) atoms. The number of unbranched alkanes of at least 4 members (excludes halogenated alkanes) is 18. The summed E-state index contributed by atoms with van der Waals surface area (Å²) in [7, 11) is -0.717. The SMILES string of the molecule is CCCCCCCCCCCCC(C(=O)NO)S(=O)(=O)c1ccc(OC)cc1.CCCCCCCCCCCCC(Sc1ccc(OC)cc1)C(=O)OCC. The molecule has 0 radical (unpaired) electrons. The van der Waals surface area contributed by atoms with Crippen molar-refractivity contribution < 1.29 is 37.4 Å². The van der Waals surface area contributed by atoms with Gasteiger partial charge in [0.1, 0.15) is 22.0 Å². The van der Waals surface area contributed by atoms with Crippen LogP contribution in [0, 0.1) is 0 Å². The summed E-state index contributed by atoms with van der Waals surface area (Å²) in [5.74, 6) is 0.402. The number of benzene rings is 2. The van der Waals surface area contributed by atoms with Gasteiger partial charge in [-0.15, -0.1) is 11.8 Å². The van der Waals surface area contributed by atoms with Gasteiger partial charge in [-0.1, -0.05) is 142 Å². The topological polar surface area (TPSA) is 128 Å². The average Bonchev–Trinajstić information content (AvgIpc) is 3.20. The summed E-state index contributed by atoms with van der Waals surface area (Å²) in [5.41, 5.74) is 1.51. The van der Waals surface area contributed by atoms with E-state index < -0.39 is 21.0 Å². The fourth-order valence-electron chi connectivity index (χ4n) is 6.34. The molecule has 2 aromatic rings. The van der Waals surface area contributed by atoms with Crippen LogP contribution in [0.25, 0.3) is 0 Å². The number of rotatable bonds is 31. The first-order valence-corrected chi connectivity index (χ1v) is 23.4. The largest absolute Gasteiger partial charge is 0.497 e. The molecule has 2 atom stereocenters. The smallest absolute Gasteiger partial charge is 0.319 e. The van der Waals surface area contributed by atoms with E-state index in [9.17, 15) is 18.0 Å². The van der Waals surface area contributed by atoms with Crippen LogP contribution in [0.1, 0.15) is 162 Å². The van der Waals surface area contributed by atoms with Crippen molar-refractivity contribution in [2.24, 2.45) is 0 Å². The molecule has 1 amide bonds. The molecule has 0 fully saturated rings. The highest BCUT2D eigenvalue weighted by Crippen LogP contribution is 2.30. The summed E-state index contributed by atoms with van der Waals surface area (Å²) in [6, 6.07) is 13.8. The predicted molar refractivity (Wildman–Crippen MR) is 226 cm³/mol. The number of carbonyl (C=O) groups is 2. The van der Waals surface area contributed by atoms with Crippen LogP contribution in [0.4, 0.5) is 0 Å². The third kappa shape index (κ3) is 22.5. The number of methoxy groups -OCH3 is 2. The zero-order valence-corrected chi connectivity index (χ0v) is 36.3. The maximum Gasteiger partial charge on any atom is 0.319 e. The average molecular weight is 808 g/mol. The molecule has 0 bridgehead atoms. The molecular formula is C44H73NO8S2. The highest BCUT2D eigenvalue weighted by atomic mass is 32.2. The maximum atomic E-state index is 12.8. The van der Waals surface area contributed by atoms with Crippen LogP contribution < -0.4 is 15.0 Å². The maximum absolute atomic E-state index is 12.8. The first-order chi connectivity index (χ1) is 26.7. The van der Waals surface area contributed by atoms with Gasteiger partial charge in [0.05, 0.1) is 25.7 Å². The Labute approximate surface area is 338 Å². The summed E-state index contributed by atoms with van der Waals surface area (Å²) in [6.07, 6.45) is 25.4. The van der Waals surface area contributed by atoms with Crippen LogP contribution in [-0.4, -0.2) is 56.8 Å². The van der Waals surface area contributed by atoms with E-state index in [1.165, 1.54) is 121 Å². The molecule has 9 nitrogen and oxygen atoms in total. The standard InChI is InChI=1S/C23H38O3S.C21H35NO5S/c1-4-6-7-8-9-10-11-12-13-14-15-22(23(24)26-5-2)27-21-18-16-20(25-3)17-19-21;1-3-4-5-6-7-8-9-10-11-12-13-20(21(23)22-24)28(25,26)19-16-14-18(27-2)15-17-19/h16-19,22H,4-15H2,1-3H3;14-17,20,24H,3-13H2,1-2H3,(H,22,23). The quantitative estimate of drug-likeness (QED) is 0.0251. The molecule has 0 aromatic heterocycles. The van der Waals surface area contributed by atoms with Gasteiger partial charge in [0.25, 0.3) is 5.91 Å². The van der Waals surface area contributed by atoms with E-state index in [0.29, 0.717) is 18.8 Å². The number of esters is 1. The Morgan fingerprint density at radius 2 is 1.02 bits per heavy atom.